The molecule has 0 radical (unpaired) electrons. The number of thioether (sulfide) groups is 1. The van der Waals surface area contributed by atoms with Gasteiger partial charge in [-0.1, -0.05) is 11.8 Å². The summed E-state index contributed by atoms with van der Waals surface area (Å²) in [5.41, 5.74) is 1.24. The summed E-state index contributed by atoms with van der Waals surface area (Å²) in [7, 11) is 1.58. The van der Waals surface area contributed by atoms with Gasteiger partial charge in [-0.2, -0.15) is 0 Å². The Labute approximate surface area is 173 Å². The minimum atomic E-state index is -0.579. The van der Waals surface area contributed by atoms with E-state index in [0.717, 1.165) is 17.3 Å². The number of anilines is 1. The molecule has 2 aromatic heterocycles. The molecule has 0 aliphatic rings. The van der Waals surface area contributed by atoms with Crippen molar-refractivity contribution in [2.45, 2.75) is 5.22 Å². The number of hydrogen-bond acceptors (Lipinski definition) is 9. The van der Waals surface area contributed by atoms with E-state index in [2.05, 4.69) is 31.0 Å². The molecule has 0 aliphatic carbocycles. The number of rotatable bonds is 7. The van der Waals surface area contributed by atoms with Crippen LogP contribution in [0.4, 0.5) is 10.1 Å². The number of carbonyl (C=O) groups is 1. The van der Waals surface area contributed by atoms with Crippen molar-refractivity contribution in [1.82, 2.24) is 30.4 Å². The third kappa shape index (κ3) is 4.43. The summed E-state index contributed by atoms with van der Waals surface area (Å²) in [6, 6.07) is 11.3. The number of carbonyl (C=O) groups excluding carboxylic acids is 1. The van der Waals surface area contributed by atoms with Crippen molar-refractivity contribution in [3.63, 3.8) is 0 Å². The number of ether oxygens (including phenoxy) is 1. The number of nitrogens with one attached hydrogen (secondary N) is 1. The van der Waals surface area contributed by atoms with E-state index >= 15 is 0 Å². The zero-order valence-electron chi connectivity index (χ0n) is 15.5. The van der Waals surface area contributed by atoms with Gasteiger partial charge in [-0.3, -0.25) is 4.79 Å². The average Bonchev–Trinajstić information content (AvgIpc) is 3.46. The maximum atomic E-state index is 14.0. The van der Waals surface area contributed by atoms with Crippen LogP contribution in [0, 0.1) is 5.82 Å². The molecule has 0 unspecified atom stereocenters. The maximum absolute atomic E-state index is 14.0. The van der Waals surface area contributed by atoms with E-state index in [1.807, 2.05) is 0 Å². The summed E-state index contributed by atoms with van der Waals surface area (Å²) in [5, 5.41) is 21.4. The molecule has 2 aromatic carbocycles. The monoisotopic (exact) mass is 427 g/mol. The van der Waals surface area contributed by atoms with Crippen LogP contribution in [0.15, 0.2) is 58.4 Å². The van der Waals surface area contributed by atoms with Crippen LogP contribution in [0.3, 0.4) is 0 Å². The molecule has 4 aromatic rings. The summed E-state index contributed by atoms with van der Waals surface area (Å²) in [6.45, 7) is 0. The van der Waals surface area contributed by atoms with Crippen LogP contribution in [0.5, 0.6) is 5.75 Å². The number of aromatic nitrogens is 6. The zero-order chi connectivity index (χ0) is 20.9. The lowest BCUT2D eigenvalue weighted by molar-refractivity contribution is -0.113. The van der Waals surface area contributed by atoms with Crippen molar-refractivity contribution < 1.29 is 18.3 Å². The van der Waals surface area contributed by atoms with Crippen molar-refractivity contribution in [2.24, 2.45) is 0 Å². The molecule has 12 heteroatoms. The van der Waals surface area contributed by atoms with Gasteiger partial charge in [0.15, 0.2) is 0 Å². The Kier molecular flexibility index (Phi) is 5.66. The van der Waals surface area contributed by atoms with Crippen molar-refractivity contribution in [2.75, 3.05) is 18.2 Å². The van der Waals surface area contributed by atoms with Gasteiger partial charge in [-0.15, -0.1) is 15.3 Å². The van der Waals surface area contributed by atoms with Gasteiger partial charge in [-0.25, -0.2) is 9.07 Å². The molecule has 0 saturated heterocycles. The van der Waals surface area contributed by atoms with Crippen LogP contribution in [0.2, 0.25) is 0 Å². The van der Waals surface area contributed by atoms with Gasteiger partial charge >= 0.3 is 0 Å². The lowest BCUT2D eigenvalue weighted by Gasteiger charge is -2.07. The lowest BCUT2D eigenvalue weighted by atomic mass is 10.2. The van der Waals surface area contributed by atoms with E-state index in [0.29, 0.717) is 17.3 Å². The SMILES string of the molecule is COc1ccc(-c2nnc(SCC(=O)Nc3cc(-n4cnnn4)ccc3F)o2)cc1. The Hall–Kier alpha value is -3.80. The summed E-state index contributed by atoms with van der Waals surface area (Å²) in [6.07, 6.45) is 1.37. The maximum Gasteiger partial charge on any atom is 0.277 e. The molecule has 0 atom stereocenters. The van der Waals surface area contributed by atoms with E-state index in [-0.39, 0.29) is 16.7 Å². The van der Waals surface area contributed by atoms with Crippen molar-refractivity contribution in [3.8, 4) is 22.9 Å². The predicted octanol–water partition coefficient (Wildman–Crippen LogP) is 2.59. The van der Waals surface area contributed by atoms with Gasteiger partial charge in [0.2, 0.25) is 11.8 Å². The van der Waals surface area contributed by atoms with Gasteiger partial charge in [0.05, 0.1) is 24.2 Å². The van der Waals surface area contributed by atoms with E-state index in [9.17, 15) is 9.18 Å². The first-order chi connectivity index (χ1) is 14.6. The third-order valence-corrected chi connectivity index (χ3v) is 4.73. The molecule has 2 heterocycles. The summed E-state index contributed by atoms with van der Waals surface area (Å²) in [5.74, 6) is -0.0258. The molecule has 0 aliphatic heterocycles. The Balaban J connectivity index is 1.37. The Morgan fingerprint density at radius 2 is 2.07 bits per heavy atom. The second kappa shape index (κ2) is 8.69. The first-order valence-electron chi connectivity index (χ1n) is 8.56. The van der Waals surface area contributed by atoms with Crippen LogP contribution in [-0.4, -0.2) is 49.2 Å². The number of amides is 1. The molecule has 4 rings (SSSR count). The van der Waals surface area contributed by atoms with Crippen LogP contribution in [-0.2, 0) is 4.79 Å². The standard InChI is InChI=1S/C18H14FN7O3S/c1-28-13-5-2-11(3-6-13)17-22-23-18(29-17)30-9-16(27)21-15-8-12(4-7-14(15)19)26-10-20-24-25-26/h2-8,10H,9H2,1H3,(H,21,27). The van der Waals surface area contributed by atoms with Crippen molar-refractivity contribution >= 4 is 23.4 Å². The highest BCUT2D eigenvalue weighted by molar-refractivity contribution is 7.99. The van der Waals surface area contributed by atoms with Gasteiger partial charge in [0, 0.05) is 5.56 Å². The van der Waals surface area contributed by atoms with E-state index in [4.69, 9.17) is 9.15 Å². The Morgan fingerprint density at radius 3 is 2.80 bits per heavy atom. The van der Waals surface area contributed by atoms with Crippen LogP contribution in [0.1, 0.15) is 0 Å². The van der Waals surface area contributed by atoms with Crippen molar-refractivity contribution in [3.05, 3.63) is 54.6 Å². The van der Waals surface area contributed by atoms with Crippen LogP contribution < -0.4 is 10.1 Å². The number of benzene rings is 2. The molecular weight excluding hydrogens is 413 g/mol. The quantitative estimate of drug-likeness (QED) is 0.444. The van der Waals surface area contributed by atoms with Crippen molar-refractivity contribution in [1.29, 1.82) is 0 Å². The number of methoxy groups -OCH3 is 1. The average molecular weight is 427 g/mol. The van der Waals surface area contributed by atoms with Crippen LogP contribution >= 0.6 is 11.8 Å². The Bertz CT molecular complexity index is 1150. The third-order valence-electron chi connectivity index (χ3n) is 3.91. The Morgan fingerprint density at radius 1 is 1.23 bits per heavy atom. The van der Waals surface area contributed by atoms with Gasteiger partial charge in [0.1, 0.15) is 17.9 Å². The minimum Gasteiger partial charge on any atom is -0.497 e. The number of hydrogen-bond donors (Lipinski definition) is 1. The molecule has 0 spiro atoms. The molecule has 1 amide bonds. The molecule has 0 bridgehead atoms. The lowest BCUT2D eigenvalue weighted by Crippen LogP contribution is -2.15. The highest BCUT2D eigenvalue weighted by Gasteiger charge is 2.13. The normalized spacial score (nSPS) is 10.7. The highest BCUT2D eigenvalue weighted by atomic mass is 32.2. The van der Waals surface area contributed by atoms with E-state index in [1.54, 1.807) is 31.4 Å². The smallest absolute Gasteiger partial charge is 0.277 e. The summed E-state index contributed by atoms with van der Waals surface area (Å²) >= 11 is 1.04. The zero-order valence-corrected chi connectivity index (χ0v) is 16.3. The molecule has 10 nitrogen and oxygen atoms in total. The molecule has 1 N–H and O–H groups in total. The van der Waals surface area contributed by atoms with Crippen LogP contribution in [0.25, 0.3) is 17.1 Å². The molecule has 0 saturated carbocycles. The predicted molar refractivity (Wildman–Crippen MR) is 105 cm³/mol. The molecule has 30 heavy (non-hydrogen) atoms. The fourth-order valence-corrected chi connectivity index (χ4v) is 3.03. The first-order valence-corrected chi connectivity index (χ1v) is 9.54. The fourth-order valence-electron chi connectivity index (χ4n) is 2.46. The highest BCUT2D eigenvalue weighted by Crippen LogP contribution is 2.25. The number of tetrazole rings is 1. The molecular formula is C18H14FN7O3S. The topological polar surface area (TPSA) is 121 Å². The number of halogens is 1. The molecule has 152 valence electrons. The summed E-state index contributed by atoms with van der Waals surface area (Å²) < 4.78 is 26.1. The van der Waals surface area contributed by atoms with E-state index < -0.39 is 11.7 Å². The van der Waals surface area contributed by atoms with Gasteiger partial charge in [0.25, 0.3) is 5.22 Å². The second-order valence-electron chi connectivity index (χ2n) is 5.86. The minimum absolute atomic E-state index is 0.0121. The fraction of sp³-hybridized carbons (Fsp3) is 0.111. The largest absolute Gasteiger partial charge is 0.497 e. The van der Waals surface area contributed by atoms with E-state index in [1.165, 1.54) is 29.2 Å². The second-order valence-corrected chi connectivity index (χ2v) is 6.78. The number of nitrogens with zero attached hydrogens (tertiary/aromatic N) is 6. The van der Waals surface area contributed by atoms with Gasteiger partial charge in [-0.05, 0) is 52.9 Å². The first kappa shape index (κ1) is 19.5. The molecule has 0 fully saturated rings. The summed E-state index contributed by atoms with van der Waals surface area (Å²) in [4.78, 5) is 12.2. The van der Waals surface area contributed by atoms with Gasteiger partial charge < -0.3 is 14.5 Å².